The molecule has 0 saturated carbocycles. The number of nitriles is 1. The molecule has 5 heteroatoms. The van der Waals surface area contributed by atoms with E-state index in [0.29, 0.717) is 11.1 Å². The van der Waals surface area contributed by atoms with Crippen molar-refractivity contribution in [1.29, 1.82) is 5.26 Å². The van der Waals surface area contributed by atoms with Crippen molar-refractivity contribution in [3.8, 4) is 17.6 Å². The third-order valence-corrected chi connectivity index (χ3v) is 2.11. The van der Waals surface area contributed by atoms with Gasteiger partial charge in [-0.05, 0) is 6.07 Å². The van der Waals surface area contributed by atoms with Gasteiger partial charge in [-0.25, -0.2) is 0 Å². The second kappa shape index (κ2) is 4.64. The summed E-state index contributed by atoms with van der Waals surface area (Å²) in [5.74, 6) is 0.169. The minimum Gasteiger partial charge on any atom is -0.504 e. The van der Waals surface area contributed by atoms with E-state index in [4.69, 9.17) is 21.5 Å². The first kappa shape index (κ1) is 11.3. The van der Waals surface area contributed by atoms with Crippen molar-refractivity contribution >= 4 is 0 Å². The number of aromatic hydroxyl groups is 1. The summed E-state index contributed by atoms with van der Waals surface area (Å²) in [6.45, 7) is 0.186. The average molecular weight is 207 g/mol. The quantitative estimate of drug-likeness (QED) is 0.658. The Labute approximate surface area is 87.9 Å². The van der Waals surface area contributed by atoms with Crippen LogP contribution >= 0.6 is 0 Å². The van der Waals surface area contributed by atoms with Crippen molar-refractivity contribution in [3.63, 3.8) is 0 Å². The van der Waals surface area contributed by atoms with Crippen LogP contribution in [0.15, 0.2) is 12.1 Å². The van der Waals surface area contributed by atoms with Gasteiger partial charge in [-0.1, -0.05) is 0 Å². The lowest BCUT2D eigenvalue weighted by molar-refractivity contribution is 0.368. The Morgan fingerprint density at radius 3 is 2.73 bits per heavy atom. The van der Waals surface area contributed by atoms with Crippen molar-refractivity contribution in [2.24, 2.45) is 11.5 Å². The molecule has 0 amide bonds. The molecule has 0 aromatic heterocycles. The molecule has 80 valence electrons. The number of ether oxygens (including phenoxy) is 1. The van der Waals surface area contributed by atoms with Gasteiger partial charge >= 0.3 is 0 Å². The van der Waals surface area contributed by atoms with Gasteiger partial charge in [0.25, 0.3) is 0 Å². The molecule has 0 heterocycles. The van der Waals surface area contributed by atoms with Crippen molar-refractivity contribution < 1.29 is 9.84 Å². The van der Waals surface area contributed by atoms with Crippen LogP contribution in [0.5, 0.6) is 11.5 Å². The fourth-order valence-electron chi connectivity index (χ4n) is 1.26. The molecule has 1 rings (SSSR count). The molecule has 5 nitrogen and oxygen atoms in total. The molecule has 15 heavy (non-hydrogen) atoms. The van der Waals surface area contributed by atoms with Gasteiger partial charge in [0.05, 0.1) is 18.7 Å². The molecule has 1 atom stereocenters. The lowest BCUT2D eigenvalue weighted by Crippen LogP contribution is -2.21. The Morgan fingerprint density at radius 2 is 2.27 bits per heavy atom. The molecule has 0 bridgehead atoms. The van der Waals surface area contributed by atoms with E-state index in [9.17, 15) is 5.11 Å². The van der Waals surface area contributed by atoms with E-state index in [1.54, 1.807) is 0 Å². The van der Waals surface area contributed by atoms with Crippen molar-refractivity contribution in [1.82, 2.24) is 0 Å². The Hall–Kier alpha value is -1.77. The summed E-state index contributed by atoms with van der Waals surface area (Å²) in [6, 6.07) is 4.41. The summed E-state index contributed by atoms with van der Waals surface area (Å²) in [5.41, 5.74) is 11.9. The zero-order chi connectivity index (χ0) is 11.4. The molecule has 0 aliphatic carbocycles. The Bertz CT molecular complexity index is 398. The average Bonchev–Trinajstić information content (AvgIpc) is 2.28. The second-order valence-corrected chi connectivity index (χ2v) is 3.07. The van der Waals surface area contributed by atoms with E-state index < -0.39 is 6.04 Å². The maximum Gasteiger partial charge on any atom is 0.162 e. The first-order valence-corrected chi connectivity index (χ1v) is 4.40. The standard InChI is InChI=1S/C10H13N3O2/c1-15-9-3-6(4-11)2-7(10(9)14)8(13)5-12/h2-3,8,14H,5,12-13H2,1H3/t8-/m0/s1. The van der Waals surface area contributed by atoms with Gasteiger partial charge in [-0.3, -0.25) is 0 Å². The highest BCUT2D eigenvalue weighted by Gasteiger charge is 2.15. The van der Waals surface area contributed by atoms with E-state index >= 15 is 0 Å². The van der Waals surface area contributed by atoms with Gasteiger partial charge in [0.2, 0.25) is 0 Å². The van der Waals surface area contributed by atoms with Gasteiger partial charge in [0.15, 0.2) is 11.5 Å². The van der Waals surface area contributed by atoms with Crippen LogP contribution in [0, 0.1) is 11.3 Å². The van der Waals surface area contributed by atoms with Crippen molar-refractivity contribution in [2.45, 2.75) is 6.04 Å². The number of hydrogen-bond donors (Lipinski definition) is 3. The van der Waals surface area contributed by atoms with Gasteiger partial charge in [0.1, 0.15) is 0 Å². The van der Waals surface area contributed by atoms with Crippen LogP contribution in [-0.4, -0.2) is 18.8 Å². The highest BCUT2D eigenvalue weighted by atomic mass is 16.5. The summed E-state index contributed by atoms with van der Waals surface area (Å²) in [5, 5.41) is 18.5. The zero-order valence-electron chi connectivity index (χ0n) is 8.40. The van der Waals surface area contributed by atoms with Crippen molar-refractivity contribution in [3.05, 3.63) is 23.3 Å². The highest BCUT2D eigenvalue weighted by molar-refractivity contribution is 5.52. The largest absolute Gasteiger partial charge is 0.504 e. The van der Waals surface area contributed by atoms with Crippen LogP contribution < -0.4 is 16.2 Å². The number of phenolic OH excluding ortho intramolecular Hbond substituents is 1. The van der Waals surface area contributed by atoms with Gasteiger partial charge in [-0.15, -0.1) is 0 Å². The zero-order valence-corrected chi connectivity index (χ0v) is 8.40. The number of phenols is 1. The van der Waals surface area contributed by atoms with Gasteiger partial charge < -0.3 is 21.3 Å². The van der Waals surface area contributed by atoms with E-state index in [0.717, 1.165) is 0 Å². The first-order chi connectivity index (χ1) is 7.13. The summed E-state index contributed by atoms with van der Waals surface area (Å²) < 4.78 is 4.93. The number of rotatable bonds is 3. The van der Waals surface area contributed by atoms with Crippen LogP contribution in [0.1, 0.15) is 17.2 Å². The summed E-state index contributed by atoms with van der Waals surface area (Å²) in [6.07, 6.45) is 0. The Morgan fingerprint density at radius 1 is 1.60 bits per heavy atom. The topological polar surface area (TPSA) is 105 Å². The minimum atomic E-state index is -0.507. The maximum absolute atomic E-state index is 9.74. The number of benzene rings is 1. The maximum atomic E-state index is 9.74. The fourth-order valence-corrected chi connectivity index (χ4v) is 1.26. The molecular formula is C10H13N3O2. The monoisotopic (exact) mass is 207 g/mol. The van der Waals surface area contributed by atoms with Crippen LogP contribution in [0.4, 0.5) is 0 Å². The lowest BCUT2D eigenvalue weighted by Gasteiger charge is -2.14. The van der Waals surface area contributed by atoms with E-state index in [2.05, 4.69) is 0 Å². The molecule has 5 N–H and O–H groups in total. The summed E-state index contributed by atoms with van der Waals surface area (Å²) >= 11 is 0. The summed E-state index contributed by atoms with van der Waals surface area (Å²) in [4.78, 5) is 0. The highest BCUT2D eigenvalue weighted by Crippen LogP contribution is 2.33. The van der Waals surface area contributed by atoms with Crippen LogP contribution in [0.3, 0.4) is 0 Å². The second-order valence-electron chi connectivity index (χ2n) is 3.07. The fraction of sp³-hybridized carbons (Fsp3) is 0.300. The minimum absolute atomic E-state index is 0.0607. The molecule has 0 unspecified atom stereocenters. The summed E-state index contributed by atoms with van der Waals surface area (Å²) in [7, 11) is 1.41. The molecule has 0 spiro atoms. The molecule has 1 aromatic carbocycles. The lowest BCUT2D eigenvalue weighted by atomic mass is 10.0. The predicted molar refractivity (Wildman–Crippen MR) is 55.4 cm³/mol. The predicted octanol–water partition coefficient (Wildman–Crippen LogP) is 0.231. The molecule has 0 fully saturated rings. The Balaban J connectivity index is 3.31. The van der Waals surface area contributed by atoms with Gasteiger partial charge in [0, 0.05) is 24.2 Å². The van der Waals surface area contributed by atoms with Crippen LogP contribution in [-0.2, 0) is 0 Å². The van der Waals surface area contributed by atoms with E-state index in [1.165, 1.54) is 19.2 Å². The molecule has 0 aliphatic rings. The molecule has 0 saturated heterocycles. The SMILES string of the molecule is COc1cc(C#N)cc([C@@H](N)CN)c1O. The van der Waals surface area contributed by atoms with E-state index in [1.807, 2.05) is 6.07 Å². The molecule has 0 aliphatic heterocycles. The van der Waals surface area contributed by atoms with Crippen molar-refractivity contribution in [2.75, 3.05) is 13.7 Å². The number of nitrogens with zero attached hydrogens (tertiary/aromatic N) is 1. The van der Waals surface area contributed by atoms with Crippen LogP contribution in [0.25, 0.3) is 0 Å². The molecule has 0 radical (unpaired) electrons. The number of methoxy groups -OCH3 is 1. The van der Waals surface area contributed by atoms with Crippen LogP contribution in [0.2, 0.25) is 0 Å². The molecule has 1 aromatic rings. The van der Waals surface area contributed by atoms with E-state index in [-0.39, 0.29) is 18.0 Å². The number of hydrogen-bond acceptors (Lipinski definition) is 5. The van der Waals surface area contributed by atoms with Gasteiger partial charge in [-0.2, -0.15) is 5.26 Å². The number of nitrogens with two attached hydrogens (primary N) is 2. The smallest absolute Gasteiger partial charge is 0.162 e. The normalized spacial score (nSPS) is 11.9. The third kappa shape index (κ3) is 2.18. The third-order valence-electron chi connectivity index (χ3n) is 2.11. The Kier molecular flexibility index (Phi) is 3.50. The first-order valence-electron chi connectivity index (χ1n) is 4.40. The molecular weight excluding hydrogens is 194 g/mol.